The van der Waals surface area contributed by atoms with E-state index < -0.39 is 10.8 Å². The zero-order valence-corrected chi connectivity index (χ0v) is 29.4. The second-order valence-corrected chi connectivity index (χ2v) is 14.6. The van der Waals surface area contributed by atoms with Gasteiger partial charge in [0.1, 0.15) is 0 Å². The molecule has 0 saturated heterocycles. The molecule has 5 atom stereocenters. The number of ketones is 1. The van der Waals surface area contributed by atoms with E-state index in [1.807, 2.05) is 13.0 Å². The maximum atomic E-state index is 14.5. The minimum atomic E-state index is -0.576. The molecule has 0 aliphatic heterocycles. The Morgan fingerprint density at radius 2 is 1.67 bits per heavy atom. The molecule has 3 nitrogen and oxygen atoms in total. The monoisotopic (exact) mass is 615 g/mol. The Kier molecular flexibility index (Phi) is 9.64. The molecular weight excluding hydrogens is 562 g/mol. The van der Waals surface area contributed by atoms with Gasteiger partial charge in [-0.05, 0) is 82.9 Å². The van der Waals surface area contributed by atoms with E-state index >= 15 is 0 Å². The molecule has 0 radical (unpaired) electrons. The largest absolute Gasteiger partial charge is 0.411 e. The Morgan fingerprint density at radius 1 is 0.978 bits per heavy atom. The highest BCUT2D eigenvalue weighted by atomic mass is 16.4. The molecule has 5 rings (SSSR count). The second kappa shape index (κ2) is 13.2. The molecule has 5 unspecified atom stereocenters. The highest BCUT2D eigenvalue weighted by Gasteiger charge is 2.65. The Balaban J connectivity index is 1.76. The third-order valence-electron chi connectivity index (χ3n) is 11.5. The van der Waals surface area contributed by atoms with E-state index in [9.17, 15) is 10.0 Å². The average molecular weight is 616 g/mol. The van der Waals surface area contributed by atoms with E-state index in [4.69, 9.17) is 0 Å². The average Bonchev–Trinajstić information content (AvgIpc) is 3.28. The molecule has 242 valence electrons. The fourth-order valence-electron chi connectivity index (χ4n) is 9.03. The minimum Gasteiger partial charge on any atom is -0.411 e. The molecule has 1 aromatic rings. The van der Waals surface area contributed by atoms with Crippen molar-refractivity contribution in [2.45, 2.75) is 87.5 Å². The van der Waals surface area contributed by atoms with E-state index in [0.29, 0.717) is 17.2 Å². The van der Waals surface area contributed by atoms with Gasteiger partial charge in [0.15, 0.2) is 5.78 Å². The lowest BCUT2D eigenvalue weighted by Crippen LogP contribution is -2.41. The molecule has 0 heterocycles. The summed E-state index contributed by atoms with van der Waals surface area (Å²) in [7, 11) is 0. The molecule has 0 amide bonds. The van der Waals surface area contributed by atoms with Gasteiger partial charge in [0.2, 0.25) is 0 Å². The van der Waals surface area contributed by atoms with Gasteiger partial charge in [-0.3, -0.25) is 4.79 Å². The zero-order chi connectivity index (χ0) is 33.4. The van der Waals surface area contributed by atoms with Crippen molar-refractivity contribution in [3.05, 3.63) is 130 Å². The van der Waals surface area contributed by atoms with E-state index in [2.05, 4.69) is 133 Å². The van der Waals surface area contributed by atoms with Gasteiger partial charge in [-0.15, -0.1) is 0 Å². The summed E-state index contributed by atoms with van der Waals surface area (Å²) in [5.74, 6) is 0.904. The summed E-state index contributed by atoms with van der Waals surface area (Å²) in [5, 5.41) is 15.0. The molecule has 1 fully saturated rings. The van der Waals surface area contributed by atoms with Crippen LogP contribution >= 0.6 is 0 Å². The highest BCUT2D eigenvalue weighted by molar-refractivity contribution is 6.22. The predicted octanol–water partition coefficient (Wildman–Crippen LogP) is 10.8. The van der Waals surface area contributed by atoms with E-state index in [-0.39, 0.29) is 29.5 Å². The fourth-order valence-corrected chi connectivity index (χ4v) is 9.03. The molecule has 46 heavy (non-hydrogen) atoms. The first-order chi connectivity index (χ1) is 22.0. The lowest BCUT2D eigenvalue weighted by Gasteiger charge is -2.41. The van der Waals surface area contributed by atoms with Crippen LogP contribution in [0.2, 0.25) is 0 Å². The van der Waals surface area contributed by atoms with Gasteiger partial charge in [0, 0.05) is 22.5 Å². The molecule has 0 spiro atoms. The minimum absolute atomic E-state index is 0.0162. The molecule has 4 aliphatic rings. The number of rotatable bonds is 8. The first-order valence-electron chi connectivity index (χ1n) is 17.4. The van der Waals surface area contributed by atoms with E-state index in [1.54, 1.807) is 6.08 Å². The van der Waals surface area contributed by atoms with Crippen molar-refractivity contribution in [1.82, 2.24) is 0 Å². The lowest BCUT2D eigenvalue weighted by atomic mass is 9.60. The molecule has 0 bridgehead atoms. The number of carbonyl (C=O) groups excluding carboxylic acids is 1. The Bertz CT molecular complexity index is 1650. The molecule has 0 aromatic heterocycles. The van der Waals surface area contributed by atoms with Gasteiger partial charge >= 0.3 is 0 Å². The molecule has 4 aliphatic carbocycles. The third kappa shape index (κ3) is 5.20. The lowest BCUT2D eigenvalue weighted by molar-refractivity contribution is -0.111. The van der Waals surface area contributed by atoms with E-state index in [0.717, 1.165) is 28.7 Å². The highest BCUT2D eigenvalue weighted by Crippen LogP contribution is 2.68. The number of carbonyl (C=O) groups is 1. The third-order valence-corrected chi connectivity index (χ3v) is 11.5. The first kappa shape index (κ1) is 33.6. The molecule has 1 N–H and O–H groups in total. The summed E-state index contributed by atoms with van der Waals surface area (Å²) >= 11 is 0. The molecule has 1 saturated carbocycles. The second-order valence-electron chi connectivity index (χ2n) is 14.6. The standard InChI is InChI=1S/C43H53NO2/c1-10-12-15-31-18-20-33(21-19-31)38(27(3)4)29(7)26-35-30(8)32(11-2)22-23-37(45)39(35)40-36-17-14-13-16-34-24-25-43(28(5)6,41(40)44-46)42(34,36)9/h11,13-14,16-30,38,46H,10,12,15H2,1-9H3/b32-11-,35-26+,40-39?,44-41?. The van der Waals surface area contributed by atoms with Crippen LogP contribution in [0.5, 0.6) is 0 Å². The summed E-state index contributed by atoms with van der Waals surface area (Å²) in [4.78, 5) is 14.5. The number of aryl methyl sites for hydroxylation is 1. The van der Waals surface area contributed by atoms with Crippen molar-refractivity contribution in [1.29, 1.82) is 0 Å². The Morgan fingerprint density at radius 3 is 2.28 bits per heavy atom. The Labute approximate surface area is 277 Å². The number of hydrogen-bond donors (Lipinski definition) is 1. The van der Waals surface area contributed by atoms with Gasteiger partial charge in [0.05, 0.1) is 11.1 Å². The van der Waals surface area contributed by atoms with Gasteiger partial charge in [-0.1, -0.05) is 146 Å². The summed E-state index contributed by atoms with van der Waals surface area (Å²) in [5.41, 5.74) is 8.10. The number of nitrogens with zero attached hydrogens (tertiary/aromatic N) is 1. The normalized spacial score (nSPS) is 31.2. The SMILES string of the molecule is C/C=C1/C=CC(=O)C(=C2C3=CC=CC=C4C=CC(C(C)C)(C2=NO)C43C)/C(=C/C(C)C(c2ccc(CCCC)cc2)C(C)C)C1C. The van der Waals surface area contributed by atoms with Crippen molar-refractivity contribution >= 4 is 11.5 Å². The van der Waals surface area contributed by atoms with Crippen LogP contribution in [0.25, 0.3) is 0 Å². The maximum Gasteiger partial charge on any atom is 0.186 e. The number of benzene rings is 1. The number of hydrogen-bond acceptors (Lipinski definition) is 3. The van der Waals surface area contributed by atoms with Gasteiger partial charge in [-0.2, -0.15) is 0 Å². The van der Waals surface area contributed by atoms with Crippen LogP contribution in [0.15, 0.2) is 124 Å². The summed E-state index contributed by atoms with van der Waals surface area (Å²) in [6.45, 7) is 20.1. The molecular formula is C43H53NO2. The van der Waals surface area contributed by atoms with Crippen molar-refractivity contribution in [3.63, 3.8) is 0 Å². The summed E-state index contributed by atoms with van der Waals surface area (Å²) in [6, 6.07) is 9.22. The smallest absolute Gasteiger partial charge is 0.186 e. The fraction of sp³-hybridized carbons (Fsp3) is 0.442. The van der Waals surface area contributed by atoms with Crippen LogP contribution in [0, 0.1) is 34.5 Å². The maximum absolute atomic E-state index is 14.5. The van der Waals surface area contributed by atoms with Crippen LogP contribution in [0.3, 0.4) is 0 Å². The van der Waals surface area contributed by atoms with Crippen LogP contribution in [0.4, 0.5) is 0 Å². The quantitative estimate of drug-likeness (QED) is 0.180. The number of allylic oxidation sites excluding steroid dienone is 16. The zero-order valence-electron chi connectivity index (χ0n) is 29.4. The molecule has 3 heteroatoms. The van der Waals surface area contributed by atoms with Gasteiger partial charge in [0.25, 0.3) is 0 Å². The van der Waals surface area contributed by atoms with Crippen LogP contribution in [-0.4, -0.2) is 16.7 Å². The van der Waals surface area contributed by atoms with Crippen molar-refractivity contribution < 1.29 is 10.0 Å². The predicted molar refractivity (Wildman–Crippen MR) is 193 cm³/mol. The summed E-state index contributed by atoms with van der Waals surface area (Å²) in [6.07, 6.45) is 24.6. The molecule has 1 aromatic carbocycles. The van der Waals surface area contributed by atoms with E-state index in [1.165, 1.54) is 29.5 Å². The van der Waals surface area contributed by atoms with Crippen molar-refractivity contribution in [2.75, 3.05) is 0 Å². The van der Waals surface area contributed by atoms with Gasteiger partial charge in [-0.25, -0.2) is 0 Å². The topological polar surface area (TPSA) is 49.7 Å². The summed E-state index contributed by atoms with van der Waals surface area (Å²) < 4.78 is 0. The number of unbranched alkanes of at least 4 members (excludes halogenated alkanes) is 1. The number of oxime groups is 1. The van der Waals surface area contributed by atoms with Crippen LogP contribution < -0.4 is 0 Å². The Hall–Kier alpha value is -3.72. The van der Waals surface area contributed by atoms with Crippen LogP contribution in [-0.2, 0) is 11.2 Å². The van der Waals surface area contributed by atoms with Gasteiger partial charge < -0.3 is 5.21 Å². The first-order valence-corrected chi connectivity index (χ1v) is 17.4. The van der Waals surface area contributed by atoms with Crippen LogP contribution in [0.1, 0.15) is 92.2 Å². The van der Waals surface area contributed by atoms with Crippen molar-refractivity contribution in [2.24, 2.45) is 39.7 Å². The van der Waals surface area contributed by atoms with Crippen molar-refractivity contribution in [3.8, 4) is 0 Å².